The maximum Gasteiger partial charge on any atom is 0.332 e. The zero-order valence-electron chi connectivity index (χ0n) is 9.70. The summed E-state index contributed by atoms with van der Waals surface area (Å²) >= 11 is 0. The van der Waals surface area contributed by atoms with Crippen molar-refractivity contribution < 1.29 is 19.4 Å². The van der Waals surface area contributed by atoms with E-state index < -0.39 is 18.2 Å². The number of nitrogens with zero attached hydrogens (tertiary/aromatic N) is 1. The van der Waals surface area contributed by atoms with Crippen LogP contribution in [0.4, 0.5) is 0 Å². The number of carboxylic acid groups (broad SMARTS) is 1. The van der Waals surface area contributed by atoms with Crippen molar-refractivity contribution in [3.8, 4) is 0 Å². The molecule has 1 aromatic heterocycles. The molecule has 2 heterocycles. The number of hydrogen-bond donors (Lipinski definition) is 2. The second kappa shape index (κ2) is 5.59. The summed E-state index contributed by atoms with van der Waals surface area (Å²) in [6.45, 7) is 0.388. The Labute approximate surface area is 104 Å². The van der Waals surface area contributed by atoms with Gasteiger partial charge in [-0.25, -0.2) is 4.79 Å². The summed E-state index contributed by atoms with van der Waals surface area (Å²) in [6.07, 6.45) is 2.60. The normalized spacial score (nSPS) is 22.7. The lowest BCUT2D eigenvalue weighted by atomic mass is 10.2. The Morgan fingerprint density at radius 2 is 2.00 bits per heavy atom. The largest absolute Gasteiger partial charge is 0.479 e. The first kappa shape index (κ1) is 12.5. The summed E-state index contributed by atoms with van der Waals surface area (Å²) in [5.41, 5.74) is 0.936. The van der Waals surface area contributed by atoms with Crippen LogP contribution in [0.3, 0.4) is 0 Å². The van der Waals surface area contributed by atoms with Crippen molar-refractivity contribution in [2.45, 2.75) is 31.6 Å². The number of aliphatic carboxylic acids is 1. The third-order valence-corrected chi connectivity index (χ3v) is 2.80. The second-order valence-corrected chi connectivity index (χ2v) is 4.10. The van der Waals surface area contributed by atoms with Gasteiger partial charge in [-0.1, -0.05) is 0 Å². The van der Waals surface area contributed by atoms with Crippen LogP contribution in [0.2, 0.25) is 0 Å². The fourth-order valence-corrected chi connectivity index (χ4v) is 1.82. The van der Waals surface area contributed by atoms with Crippen molar-refractivity contribution in [3.63, 3.8) is 0 Å². The Morgan fingerprint density at radius 1 is 1.33 bits per heavy atom. The molecule has 1 aromatic rings. The molecule has 2 atom stereocenters. The van der Waals surface area contributed by atoms with Gasteiger partial charge in [0.05, 0.1) is 0 Å². The molecule has 0 bridgehead atoms. The number of carbonyl (C=O) groups is 2. The maximum atomic E-state index is 11.7. The third kappa shape index (κ3) is 3.04. The number of aromatic nitrogens is 1. The molecule has 1 amide bonds. The molecule has 2 N–H and O–H groups in total. The zero-order valence-corrected chi connectivity index (χ0v) is 9.70. The molecule has 6 heteroatoms. The Morgan fingerprint density at radius 3 is 2.61 bits per heavy atom. The number of carbonyl (C=O) groups excluding carboxylic acids is 1. The molecule has 1 aliphatic rings. The number of rotatable bonds is 4. The molecule has 1 saturated heterocycles. The van der Waals surface area contributed by atoms with Crippen LogP contribution in [0, 0.1) is 0 Å². The van der Waals surface area contributed by atoms with E-state index in [9.17, 15) is 9.59 Å². The zero-order chi connectivity index (χ0) is 13.0. The molecule has 0 aromatic carbocycles. The van der Waals surface area contributed by atoms with Crippen LogP contribution in [0.25, 0.3) is 0 Å². The summed E-state index contributed by atoms with van der Waals surface area (Å²) in [5, 5.41) is 11.5. The molecule has 2 rings (SSSR count). The standard InChI is InChI=1S/C12H14N2O4/c15-11(9-1-2-10(18-9)12(16)17)14-7-8-3-5-13-6-4-8/h3-6,9-10H,1-2,7H2,(H,14,15)(H,16,17)/t9-,10+/m0/s1. The lowest BCUT2D eigenvalue weighted by Gasteiger charge is -2.11. The number of amides is 1. The molecule has 18 heavy (non-hydrogen) atoms. The van der Waals surface area contributed by atoms with Gasteiger partial charge in [0.1, 0.15) is 6.10 Å². The Kier molecular flexibility index (Phi) is 3.88. The van der Waals surface area contributed by atoms with Gasteiger partial charge in [0.15, 0.2) is 6.10 Å². The van der Waals surface area contributed by atoms with Crippen molar-refractivity contribution in [2.75, 3.05) is 0 Å². The molecule has 6 nitrogen and oxygen atoms in total. The van der Waals surface area contributed by atoms with E-state index in [0.717, 1.165) is 5.56 Å². The van der Waals surface area contributed by atoms with Crippen LogP contribution in [-0.2, 0) is 20.9 Å². The number of nitrogens with one attached hydrogen (secondary N) is 1. The average Bonchev–Trinajstić information content (AvgIpc) is 2.87. The third-order valence-electron chi connectivity index (χ3n) is 2.80. The minimum Gasteiger partial charge on any atom is -0.479 e. The van der Waals surface area contributed by atoms with Crippen molar-refractivity contribution in [2.24, 2.45) is 0 Å². The molecule has 0 spiro atoms. The van der Waals surface area contributed by atoms with Gasteiger partial charge in [0, 0.05) is 18.9 Å². The molecule has 1 aliphatic heterocycles. The smallest absolute Gasteiger partial charge is 0.332 e. The van der Waals surface area contributed by atoms with E-state index in [0.29, 0.717) is 19.4 Å². The molecule has 96 valence electrons. The van der Waals surface area contributed by atoms with Gasteiger partial charge in [-0.05, 0) is 30.5 Å². The predicted molar refractivity (Wildman–Crippen MR) is 61.6 cm³/mol. The lowest BCUT2D eigenvalue weighted by Crippen LogP contribution is -2.35. The summed E-state index contributed by atoms with van der Waals surface area (Å²) < 4.78 is 5.15. The van der Waals surface area contributed by atoms with Crippen molar-refractivity contribution in [3.05, 3.63) is 30.1 Å². The first-order chi connectivity index (χ1) is 8.66. The van der Waals surface area contributed by atoms with Gasteiger partial charge >= 0.3 is 5.97 Å². The highest BCUT2D eigenvalue weighted by Gasteiger charge is 2.34. The SMILES string of the molecule is O=C(NCc1ccncc1)[C@@H]1CC[C@H](C(=O)O)O1. The lowest BCUT2D eigenvalue weighted by molar-refractivity contribution is -0.151. The highest BCUT2D eigenvalue weighted by atomic mass is 16.5. The monoisotopic (exact) mass is 250 g/mol. The van der Waals surface area contributed by atoms with E-state index in [4.69, 9.17) is 9.84 Å². The van der Waals surface area contributed by atoms with Gasteiger partial charge in [-0.3, -0.25) is 9.78 Å². The van der Waals surface area contributed by atoms with Crippen molar-refractivity contribution in [1.82, 2.24) is 10.3 Å². The fraction of sp³-hybridized carbons (Fsp3) is 0.417. The first-order valence-corrected chi connectivity index (χ1v) is 5.71. The molecule has 0 unspecified atom stereocenters. The van der Waals surface area contributed by atoms with E-state index in [1.54, 1.807) is 24.5 Å². The number of ether oxygens (including phenoxy) is 1. The number of carboxylic acids is 1. The van der Waals surface area contributed by atoms with Gasteiger partial charge in [0.2, 0.25) is 5.91 Å². The van der Waals surface area contributed by atoms with Crippen molar-refractivity contribution >= 4 is 11.9 Å². The maximum absolute atomic E-state index is 11.7. The Bertz CT molecular complexity index is 435. The van der Waals surface area contributed by atoms with E-state index in [2.05, 4.69) is 10.3 Å². The van der Waals surface area contributed by atoms with Crippen LogP contribution < -0.4 is 5.32 Å². The van der Waals surface area contributed by atoms with Crippen LogP contribution >= 0.6 is 0 Å². The van der Waals surface area contributed by atoms with Crippen LogP contribution in [-0.4, -0.2) is 34.2 Å². The van der Waals surface area contributed by atoms with Crippen molar-refractivity contribution in [1.29, 1.82) is 0 Å². The number of pyridine rings is 1. The van der Waals surface area contributed by atoms with Crippen LogP contribution in [0.1, 0.15) is 18.4 Å². The van der Waals surface area contributed by atoms with Gasteiger partial charge in [-0.15, -0.1) is 0 Å². The number of hydrogen-bond acceptors (Lipinski definition) is 4. The van der Waals surface area contributed by atoms with E-state index in [-0.39, 0.29) is 5.91 Å². The summed E-state index contributed by atoms with van der Waals surface area (Å²) in [5.74, 6) is -1.28. The minimum absolute atomic E-state index is 0.268. The molecule has 0 aliphatic carbocycles. The fourth-order valence-electron chi connectivity index (χ4n) is 1.82. The summed E-state index contributed by atoms with van der Waals surface area (Å²) in [4.78, 5) is 26.3. The van der Waals surface area contributed by atoms with Gasteiger partial charge in [-0.2, -0.15) is 0 Å². The van der Waals surface area contributed by atoms with Crippen LogP contribution in [0.15, 0.2) is 24.5 Å². The van der Waals surface area contributed by atoms with Gasteiger partial charge < -0.3 is 15.2 Å². The molecular weight excluding hydrogens is 236 g/mol. The highest BCUT2D eigenvalue weighted by Crippen LogP contribution is 2.19. The quantitative estimate of drug-likeness (QED) is 0.804. The van der Waals surface area contributed by atoms with Gasteiger partial charge in [0.25, 0.3) is 0 Å². The van der Waals surface area contributed by atoms with E-state index in [1.807, 2.05) is 0 Å². The topological polar surface area (TPSA) is 88.5 Å². The van der Waals surface area contributed by atoms with E-state index in [1.165, 1.54) is 0 Å². The first-order valence-electron chi connectivity index (χ1n) is 5.71. The predicted octanol–water partition coefficient (Wildman–Crippen LogP) is 0.330. The molecule has 0 saturated carbocycles. The van der Waals surface area contributed by atoms with Crippen LogP contribution in [0.5, 0.6) is 0 Å². The Hall–Kier alpha value is -1.95. The average molecular weight is 250 g/mol. The summed E-state index contributed by atoms with van der Waals surface area (Å²) in [6, 6.07) is 3.60. The second-order valence-electron chi connectivity index (χ2n) is 4.10. The summed E-state index contributed by atoms with van der Waals surface area (Å²) in [7, 11) is 0. The van der Waals surface area contributed by atoms with E-state index >= 15 is 0 Å². The highest BCUT2D eigenvalue weighted by molar-refractivity contribution is 5.82. The molecular formula is C12H14N2O4. The minimum atomic E-state index is -1.01. The Balaban J connectivity index is 1.81. The molecule has 0 radical (unpaired) electrons. The molecule has 1 fully saturated rings.